The summed E-state index contributed by atoms with van der Waals surface area (Å²) in [5.41, 5.74) is 2.52. The van der Waals surface area contributed by atoms with Crippen LogP contribution in [0.2, 0.25) is 0 Å². The number of carbonyl (C=O) groups is 1. The first-order valence-corrected chi connectivity index (χ1v) is 15.4. The average Bonchev–Trinajstić information content (AvgIpc) is 3.47. The molecular weight excluding hydrogens is 430 g/mol. The fourth-order valence-electron chi connectivity index (χ4n) is 9.88. The van der Waals surface area contributed by atoms with E-state index in [1.807, 2.05) is 0 Å². The van der Waals surface area contributed by atoms with E-state index >= 15 is 0 Å². The van der Waals surface area contributed by atoms with Crippen molar-refractivity contribution in [2.45, 2.75) is 130 Å². The molecule has 0 amide bonds. The maximum atomic E-state index is 12.6. The fraction of sp³-hybridized carbons (Fsp3) is 0.906. The van der Waals surface area contributed by atoms with Gasteiger partial charge in [0.25, 0.3) is 0 Å². The number of fused-ring (bicyclic) bond motifs is 5. The van der Waals surface area contributed by atoms with E-state index in [9.17, 15) is 4.79 Å². The van der Waals surface area contributed by atoms with Crippen LogP contribution in [0, 0.1) is 46.3 Å². The van der Waals surface area contributed by atoms with Gasteiger partial charge < -0.3 is 10.1 Å². The summed E-state index contributed by atoms with van der Waals surface area (Å²) in [5.74, 6) is 5.27. The zero-order valence-electron chi connectivity index (χ0n) is 23.4. The lowest BCUT2D eigenvalue weighted by Gasteiger charge is -2.58. The zero-order chi connectivity index (χ0) is 24.8. The van der Waals surface area contributed by atoms with E-state index in [1.54, 1.807) is 5.57 Å². The average molecular weight is 484 g/mol. The van der Waals surface area contributed by atoms with E-state index in [4.69, 9.17) is 4.74 Å². The van der Waals surface area contributed by atoms with Crippen LogP contribution in [-0.2, 0) is 9.53 Å². The Morgan fingerprint density at radius 3 is 2.63 bits per heavy atom. The molecule has 4 fully saturated rings. The number of nitrogens with one attached hydrogen (secondary N) is 1. The fourth-order valence-corrected chi connectivity index (χ4v) is 9.88. The Balaban J connectivity index is 1.24. The predicted octanol–water partition coefficient (Wildman–Crippen LogP) is 7.69. The number of ether oxygens (including phenoxy) is 1. The first-order chi connectivity index (χ1) is 16.7. The third-order valence-electron chi connectivity index (χ3n) is 11.9. The number of esters is 1. The first-order valence-electron chi connectivity index (χ1n) is 15.4. The minimum atomic E-state index is -0.0628. The summed E-state index contributed by atoms with van der Waals surface area (Å²) in [6, 6.07) is -0.0628. The molecule has 9 atom stereocenters. The highest BCUT2D eigenvalue weighted by molar-refractivity contribution is 5.76. The molecule has 0 spiro atoms. The SMILES string of the molecule is CC(C)CCC[C@@H](C)[C@H]1CC[C@H]2[C@@H]3CC=C4CC(OC(=O)[C@@H]5CCCN5)CC[C@]4(C)[C@H]3CC[C@]12C. The lowest BCUT2D eigenvalue weighted by Crippen LogP contribution is -2.51. The van der Waals surface area contributed by atoms with Crippen LogP contribution in [-0.4, -0.2) is 24.7 Å². The molecule has 1 saturated heterocycles. The molecule has 3 heteroatoms. The first kappa shape index (κ1) is 25.8. The molecule has 0 radical (unpaired) electrons. The highest BCUT2D eigenvalue weighted by Crippen LogP contribution is 2.67. The van der Waals surface area contributed by atoms with Crippen molar-refractivity contribution in [1.82, 2.24) is 5.32 Å². The lowest BCUT2D eigenvalue weighted by atomic mass is 9.47. The predicted molar refractivity (Wildman–Crippen MR) is 144 cm³/mol. The second-order valence-corrected chi connectivity index (χ2v) is 14.2. The molecule has 1 aliphatic heterocycles. The smallest absolute Gasteiger partial charge is 0.323 e. The Labute approximate surface area is 215 Å². The molecule has 0 aromatic heterocycles. The van der Waals surface area contributed by atoms with Gasteiger partial charge >= 0.3 is 5.97 Å². The molecule has 1 N–H and O–H groups in total. The molecule has 35 heavy (non-hydrogen) atoms. The van der Waals surface area contributed by atoms with E-state index in [0.717, 1.165) is 67.7 Å². The minimum Gasteiger partial charge on any atom is -0.461 e. The lowest BCUT2D eigenvalue weighted by molar-refractivity contribution is -0.153. The summed E-state index contributed by atoms with van der Waals surface area (Å²) in [6.07, 6.45) is 19.3. The van der Waals surface area contributed by atoms with Gasteiger partial charge in [-0.2, -0.15) is 0 Å². The standard InChI is InChI=1S/C32H53NO2/c1-21(2)8-6-9-22(3)26-13-14-27-25-12-11-23-20-24(35-30(34)29-10-7-19-33-29)15-17-31(23,4)28(25)16-18-32(26,27)5/h11,21-22,24-29,33H,6-10,12-20H2,1-5H3/t22-,24?,25+,26-,27+,28+,29+,31+,32-/m1/s1. The number of carbonyl (C=O) groups excluding carboxylic acids is 1. The van der Waals surface area contributed by atoms with Crippen LogP contribution < -0.4 is 5.32 Å². The Morgan fingerprint density at radius 2 is 1.89 bits per heavy atom. The van der Waals surface area contributed by atoms with Crippen molar-refractivity contribution in [2.75, 3.05) is 6.54 Å². The molecule has 3 saturated carbocycles. The number of allylic oxidation sites excluding steroid dienone is 1. The van der Waals surface area contributed by atoms with E-state index < -0.39 is 0 Å². The van der Waals surface area contributed by atoms with Gasteiger partial charge in [-0.1, -0.05) is 65.5 Å². The van der Waals surface area contributed by atoms with Crippen LogP contribution in [0.15, 0.2) is 11.6 Å². The number of hydrogen-bond acceptors (Lipinski definition) is 3. The van der Waals surface area contributed by atoms with Crippen molar-refractivity contribution in [2.24, 2.45) is 46.3 Å². The van der Waals surface area contributed by atoms with Crippen molar-refractivity contribution < 1.29 is 9.53 Å². The van der Waals surface area contributed by atoms with Gasteiger partial charge in [-0.25, -0.2) is 0 Å². The molecule has 5 rings (SSSR count). The van der Waals surface area contributed by atoms with Gasteiger partial charge in [0.05, 0.1) is 0 Å². The third kappa shape index (κ3) is 4.77. The molecule has 5 aliphatic rings. The molecule has 4 aliphatic carbocycles. The highest BCUT2D eigenvalue weighted by atomic mass is 16.5. The second kappa shape index (κ2) is 10.1. The summed E-state index contributed by atoms with van der Waals surface area (Å²) in [4.78, 5) is 12.6. The van der Waals surface area contributed by atoms with Crippen molar-refractivity contribution in [3.63, 3.8) is 0 Å². The normalized spacial score (nSPS) is 43.8. The van der Waals surface area contributed by atoms with E-state index in [0.29, 0.717) is 10.8 Å². The van der Waals surface area contributed by atoms with Gasteiger partial charge in [-0.05, 0) is 111 Å². The van der Waals surface area contributed by atoms with Crippen LogP contribution in [0.3, 0.4) is 0 Å². The molecule has 1 heterocycles. The Morgan fingerprint density at radius 1 is 1.06 bits per heavy atom. The summed E-state index contributed by atoms with van der Waals surface area (Å²) in [5, 5.41) is 3.31. The van der Waals surface area contributed by atoms with E-state index in [1.165, 1.54) is 57.8 Å². The molecule has 0 aromatic rings. The van der Waals surface area contributed by atoms with E-state index in [-0.39, 0.29) is 18.1 Å². The summed E-state index contributed by atoms with van der Waals surface area (Å²) in [6.45, 7) is 13.5. The van der Waals surface area contributed by atoms with Gasteiger partial charge in [-0.3, -0.25) is 4.79 Å². The van der Waals surface area contributed by atoms with Gasteiger partial charge in [-0.15, -0.1) is 0 Å². The van der Waals surface area contributed by atoms with Crippen LogP contribution in [0.4, 0.5) is 0 Å². The molecule has 3 nitrogen and oxygen atoms in total. The van der Waals surface area contributed by atoms with Crippen molar-refractivity contribution in [3.8, 4) is 0 Å². The van der Waals surface area contributed by atoms with Crippen LogP contribution in [0.1, 0.15) is 118 Å². The molecule has 0 aromatic carbocycles. The number of rotatable bonds is 7. The maximum Gasteiger partial charge on any atom is 0.323 e. The van der Waals surface area contributed by atoms with Gasteiger partial charge in [0.2, 0.25) is 0 Å². The molecule has 1 unspecified atom stereocenters. The minimum absolute atomic E-state index is 0.00154. The monoisotopic (exact) mass is 483 g/mol. The quantitative estimate of drug-likeness (QED) is 0.298. The highest BCUT2D eigenvalue weighted by Gasteiger charge is 2.59. The Hall–Kier alpha value is -0.830. The summed E-state index contributed by atoms with van der Waals surface area (Å²) in [7, 11) is 0. The Bertz CT molecular complexity index is 797. The largest absolute Gasteiger partial charge is 0.461 e. The molecule has 198 valence electrons. The van der Waals surface area contributed by atoms with Crippen LogP contribution in [0.5, 0.6) is 0 Å². The summed E-state index contributed by atoms with van der Waals surface area (Å²) >= 11 is 0. The van der Waals surface area contributed by atoms with E-state index in [2.05, 4.69) is 46.0 Å². The second-order valence-electron chi connectivity index (χ2n) is 14.2. The van der Waals surface area contributed by atoms with Gasteiger partial charge in [0.1, 0.15) is 12.1 Å². The third-order valence-corrected chi connectivity index (χ3v) is 11.9. The van der Waals surface area contributed by atoms with Crippen molar-refractivity contribution in [1.29, 1.82) is 0 Å². The molecular formula is C32H53NO2. The topological polar surface area (TPSA) is 38.3 Å². The number of hydrogen-bond donors (Lipinski definition) is 1. The van der Waals surface area contributed by atoms with Gasteiger partial charge in [0.15, 0.2) is 0 Å². The van der Waals surface area contributed by atoms with Crippen molar-refractivity contribution >= 4 is 5.97 Å². The maximum absolute atomic E-state index is 12.6. The van der Waals surface area contributed by atoms with Crippen molar-refractivity contribution in [3.05, 3.63) is 11.6 Å². The van der Waals surface area contributed by atoms with Gasteiger partial charge in [0, 0.05) is 6.42 Å². The molecule has 0 bridgehead atoms. The zero-order valence-corrected chi connectivity index (χ0v) is 23.4. The van der Waals surface area contributed by atoms with Crippen LogP contribution in [0.25, 0.3) is 0 Å². The Kier molecular flexibility index (Phi) is 7.48. The van der Waals surface area contributed by atoms with Crippen LogP contribution >= 0.6 is 0 Å². The summed E-state index contributed by atoms with van der Waals surface area (Å²) < 4.78 is 6.04.